The summed E-state index contributed by atoms with van der Waals surface area (Å²) in [5.41, 5.74) is 8.99. The molecule has 1 atom stereocenters. The lowest BCUT2D eigenvalue weighted by Gasteiger charge is -2.22. The second-order valence-electron chi connectivity index (χ2n) is 5.10. The summed E-state index contributed by atoms with van der Waals surface area (Å²) < 4.78 is 15.2. The summed E-state index contributed by atoms with van der Waals surface area (Å²) in [6.07, 6.45) is 6.27. The van der Waals surface area contributed by atoms with Gasteiger partial charge in [-0.25, -0.2) is 9.07 Å². The Morgan fingerprint density at radius 2 is 2.32 bits per heavy atom. The van der Waals surface area contributed by atoms with Crippen molar-refractivity contribution in [3.63, 3.8) is 0 Å². The molecule has 1 heterocycles. The first-order valence-corrected chi connectivity index (χ1v) is 6.82. The van der Waals surface area contributed by atoms with Crippen molar-refractivity contribution in [2.75, 3.05) is 6.54 Å². The topological polar surface area (TPSA) is 43.8 Å². The van der Waals surface area contributed by atoms with Gasteiger partial charge in [0.2, 0.25) is 0 Å². The Hall–Kier alpha value is -1.68. The van der Waals surface area contributed by atoms with Crippen LogP contribution in [0.4, 0.5) is 4.39 Å². The molecule has 1 unspecified atom stereocenters. The molecule has 0 saturated heterocycles. The Morgan fingerprint density at radius 3 is 3.11 bits per heavy atom. The third-order valence-corrected chi connectivity index (χ3v) is 3.88. The number of nitrogens with zero attached hydrogens (tertiary/aromatic N) is 2. The Kier molecular flexibility index (Phi) is 3.34. The Bertz CT molecular complexity index is 577. The van der Waals surface area contributed by atoms with Crippen molar-refractivity contribution in [1.82, 2.24) is 9.78 Å². The zero-order chi connectivity index (χ0) is 13.2. The fourth-order valence-corrected chi connectivity index (χ4v) is 2.98. The summed E-state index contributed by atoms with van der Waals surface area (Å²) in [6.45, 7) is 0.704. The van der Waals surface area contributed by atoms with E-state index in [1.54, 1.807) is 6.07 Å². The van der Waals surface area contributed by atoms with Crippen LogP contribution in [0.2, 0.25) is 0 Å². The second-order valence-corrected chi connectivity index (χ2v) is 5.10. The minimum absolute atomic E-state index is 0.226. The van der Waals surface area contributed by atoms with E-state index in [1.165, 1.54) is 29.8 Å². The molecular formula is C15H18FN3. The van der Waals surface area contributed by atoms with Crippen LogP contribution >= 0.6 is 0 Å². The normalized spacial score (nSPS) is 18.3. The molecule has 0 fully saturated rings. The highest BCUT2D eigenvalue weighted by atomic mass is 19.1. The van der Waals surface area contributed by atoms with Crippen LogP contribution in [-0.4, -0.2) is 16.3 Å². The molecule has 1 aromatic heterocycles. The van der Waals surface area contributed by atoms with Crippen LogP contribution in [0, 0.1) is 5.82 Å². The first-order valence-electron chi connectivity index (χ1n) is 6.82. The van der Waals surface area contributed by atoms with E-state index in [-0.39, 0.29) is 5.82 Å². The van der Waals surface area contributed by atoms with Crippen LogP contribution in [0.15, 0.2) is 30.5 Å². The SMILES string of the molecule is NCCC1CCCc2c1cnn2-c1cccc(F)c1. The molecule has 0 bridgehead atoms. The molecule has 3 rings (SSSR count). The van der Waals surface area contributed by atoms with E-state index in [9.17, 15) is 4.39 Å². The van der Waals surface area contributed by atoms with Crippen LogP contribution in [0.5, 0.6) is 0 Å². The fraction of sp³-hybridized carbons (Fsp3) is 0.400. The highest BCUT2D eigenvalue weighted by Gasteiger charge is 2.24. The number of rotatable bonds is 3. The highest BCUT2D eigenvalue weighted by molar-refractivity contribution is 5.37. The smallest absolute Gasteiger partial charge is 0.125 e. The largest absolute Gasteiger partial charge is 0.330 e. The molecule has 0 spiro atoms. The second kappa shape index (κ2) is 5.13. The van der Waals surface area contributed by atoms with Gasteiger partial charge in [-0.1, -0.05) is 6.07 Å². The van der Waals surface area contributed by atoms with E-state index >= 15 is 0 Å². The minimum Gasteiger partial charge on any atom is -0.330 e. The maximum absolute atomic E-state index is 13.3. The lowest BCUT2D eigenvalue weighted by molar-refractivity contribution is 0.518. The van der Waals surface area contributed by atoms with Gasteiger partial charge in [0, 0.05) is 5.69 Å². The van der Waals surface area contributed by atoms with Crippen LogP contribution in [0.3, 0.4) is 0 Å². The summed E-state index contributed by atoms with van der Waals surface area (Å²) in [5, 5.41) is 4.45. The molecule has 1 aliphatic rings. The quantitative estimate of drug-likeness (QED) is 0.921. The van der Waals surface area contributed by atoms with E-state index in [1.807, 2.05) is 16.9 Å². The molecule has 100 valence electrons. The number of benzene rings is 1. The van der Waals surface area contributed by atoms with Crippen LogP contribution in [0.1, 0.15) is 36.4 Å². The average Bonchev–Trinajstić information content (AvgIpc) is 2.84. The molecule has 2 N–H and O–H groups in total. The van der Waals surface area contributed by atoms with E-state index in [0.717, 1.165) is 24.9 Å². The molecule has 1 aromatic carbocycles. The predicted molar refractivity (Wildman–Crippen MR) is 72.9 cm³/mol. The molecule has 19 heavy (non-hydrogen) atoms. The van der Waals surface area contributed by atoms with Crippen molar-refractivity contribution < 1.29 is 4.39 Å². The number of nitrogens with two attached hydrogens (primary N) is 1. The fourth-order valence-electron chi connectivity index (χ4n) is 2.98. The molecule has 4 heteroatoms. The standard InChI is InChI=1S/C15H18FN3/c16-12-4-2-5-13(9-12)19-15-6-1-3-11(7-8-17)14(15)10-18-19/h2,4-5,9-11H,1,3,6-8,17H2. The zero-order valence-corrected chi connectivity index (χ0v) is 10.8. The lowest BCUT2D eigenvalue weighted by atomic mass is 9.85. The molecule has 0 radical (unpaired) electrons. The summed E-state index contributed by atoms with van der Waals surface area (Å²) in [4.78, 5) is 0. The van der Waals surface area contributed by atoms with Gasteiger partial charge in [0.25, 0.3) is 0 Å². The van der Waals surface area contributed by atoms with Crippen molar-refractivity contribution >= 4 is 0 Å². The highest BCUT2D eigenvalue weighted by Crippen LogP contribution is 2.34. The van der Waals surface area contributed by atoms with E-state index in [4.69, 9.17) is 5.73 Å². The molecular weight excluding hydrogens is 241 g/mol. The summed E-state index contributed by atoms with van der Waals surface area (Å²) in [5.74, 6) is 0.284. The van der Waals surface area contributed by atoms with Crippen LogP contribution in [-0.2, 0) is 6.42 Å². The predicted octanol–water partition coefficient (Wildman–Crippen LogP) is 2.78. The van der Waals surface area contributed by atoms with E-state index in [2.05, 4.69) is 5.10 Å². The molecule has 0 saturated carbocycles. The zero-order valence-electron chi connectivity index (χ0n) is 10.8. The molecule has 0 amide bonds. The van der Waals surface area contributed by atoms with Crippen LogP contribution in [0.25, 0.3) is 5.69 Å². The van der Waals surface area contributed by atoms with Gasteiger partial charge in [0.05, 0.1) is 11.9 Å². The molecule has 0 aliphatic heterocycles. The van der Waals surface area contributed by atoms with Gasteiger partial charge in [0.15, 0.2) is 0 Å². The number of hydrogen-bond donors (Lipinski definition) is 1. The first kappa shape index (κ1) is 12.4. The Balaban J connectivity index is 2.01. The number of hydrogen-bond acceptors (Lipinski definition) is 2. The summed E-state index contributed by atoms with van der Waals surface area (Å²) in [7, 11) is 0. The maximum Gasteiger partial charge on any atom is 0.125 e. The third kappa shape index (κ3) is 2.28. The lowest BCUT2D eigenvalue weighted by Crippen LogP contribution is -2.15. The van der Waals surface area contributed by atoms with Crippen molar-refractivity contribution in [3.05, 3.63) is 47.5 Å². The van der Waals surface area contributed by atoms with Crippen LogP contribution < -0.4 is 5.73 Å². The average molecular weight is 259 g/mol. The van der Waals surface area contributed by atoms with Crippen molar-refractivity contribution in [1.29, 1.82) is 0 Å². The summed E-state index contributed by atoms with van der Waals surface area (Å²) >= 11 is 0. The van der Waals surface area contributed by atoms with Crippen molar-refractivity contribution in [3.8, 4) is 5.69 Å². The Labute approximate surface area is 112 Å². The van der Waals surface area contributed by atoms with E-state index in [0.29, 0.717) is 12.5 Å². The van der Waals surface area contributed by atoms with Crippen molar-refractivity contribution in [2.45, 2.75) is 31.6 Å². The molecule has 2 aromatic rings. The van der Waals surface area contributed by atoms with Crippen molar-refractivity contribution in [2.24, 2.45) is 5.73 Å². The Morgan fingerprint density at radius 1 is 1.42 bits per heavy atom. The van der Waals surface area contributed by atoms with Gasteiger partial charge < -0.3 is 5.73 Å². The third-order valence-electron chi connectivity index (χ3n) is 3.88. The van der Waals surface area contributed by atoms with Gasteiger partial charge >= 0.3 is 0 Å². The van der Waals surface area contributed by atoms with Gasteiger partial charge in [0.1, 0.15) is 5.82 Å². The monoisotopic (exact) mass is 259 g/mol. The molecule has 3 nitrogen and oxygen atoms in total. The minimum atomic E-state index is -0.226. The number of fused-ring (bicyclic) bond motifs is 1. The number of aromatic nitrogens is 2. The van der Waals surface area contributed by atoms with Gasteiger partial charge in [-0.05, 0) is 61.9 Å². The summed E-state index contributed by atoms with van der Waals surface area (Å²) in [6, 6.07) is 6.60. The van der Waals surface area contributed by atoms with Gasteiger partial charge in [-0.2, -0.15) is 5.10 Å². The van der Waals surface area contributed by atoms with Gasteiger partial charge in [-0.15, -0.1) is 0 Å². The molecule has 1 aliphatic carbocycles. The number of halogens is 1. The first-order chi connectivity index (χ1) is 9.29. The van der Waals surface area contributed by atoms with E-state index < -0.39 is 0 Å². The maximum atomic E-state index is 13.3. The van der Waals surface area contributed by atoms with Gasteiger partial charge in [-0.3, -0.25) is 0 Å².